The number of benzene rings is 2. The Morgan fingerprint density at radius 1 is 1.04 bits per heavy atom. The molecular weight excluding hydrogens is 318 g/mol. The second-order valence-corrected chi connectivity index (χ2v) is 6.84. The molecule has 1 saturated heterocycles. The minimum absolute atomic E-state index is 0.704. The second kappa shape index (κ2) is 8.85. The molecule has 0 spiro atoms. The Morgan fingerprint density at radius 2 is 1.83 bits per heavy atom. The molecule has 24 heavy (non-hydrogen) atoms. The van der Waals surface area contributed by atoms with Crippen molar-refractivity contribution in [3.05, 3.63) is 48.5 Å². The maximum Gasteiger partial charge on any atom is 0.0594 e. The standard InChI is InChI=1S/C19H25N3OS/c1-20-19-13-16(22-24-17-5-3-2-4-6-17)7-8-18(19)21-14-15-9-11-23-12-10-15/h2-8,13,15,20-22H,9-12,14H2,1H3. The molecule has 2 aromatic carbocycles. The Labute approximate surface area is 148 Å². The fourth-order valence-corrected chi connectivity index (χ4v) is 3.44. The first-order valence-electron chi connectivity index (χ1n) is 8.46. The number of ether oxygens (including phenoxy) is 1. The van der Waals surface area contributed by atoms with Crippen molar-refractivity contribution in [2.45, 2.75) is 17.7 Å². The molecule has 0 aliphatic carbocycles. The van der Waals surface area contributed by atoms with Gasteiger partial charge in [-0.25, -0.2) is 0 Å². The van der Waals surface area contributed by atoms with Gasteiger partial charge in [0.2, 0.25) is 0 Å². The van der Waals surface area contributed by atoms with Crippen molar-refractivity contribution in [3.63, 3.8) is 0 Å². The summed E-state index contributed by atoms with van der Waals surface area (Å²) >= 11 is 1.62. The van der Waals surface area contributed by atoms with Crippen molar-refractivity contribution in [1.82, 2.24) is 0 Å². The lowest BCUT2D eigenvalue weighted by Gasteiger charge is -2.23. The van der Waals surface area contributed by atoms with Crippen LogP contribution in [0, 0.1) is 5.92 Å². The van der Waals surface area contributed by atoms with Crippen LogP contribution in [-0.2, 0) is 4.74 Å². The van der Waals surface area contributed by atoms with E-state index in [0.29, 0.717) is 5.92 Å². The third-order valence-corrected chi connectivity index (χ3v) is 5.09. The molecule has 0 aromatic heterocycles. The lowest BCUT2D eigenvalue weighted by Crippen LogP contribution is -2.22. The highest BCUT2D eigenvalue weighted by molar-refractivity contribution is 8.00. The quantitative estimate of drug-likeness (QED) is 0.637. The zero-order valence-corrected chi connectivity index (χ0v) is 14.9. The van der Waals surface area contributed by atoms with Crippen LogP contribution in [0.4, 0.5) is 17.1 Å². The molecule has 4 nitrogen and oxygen atoms in total. The zero-order chi connectivity index (χ0) is 16.6. The molecule has 1 heterocycles. The van der Waals surface area contributed by atoms with E-state index in [-0.39, 0.29) is 0 Å². The van der Waals surface area contributed by atoms with Crippen LogP contribution in [0.5, 0.6) is 0 Å². The van der Waals surface area contributed by atoms with Gasteiger partial charge in [-0.1, -0.05) is 18.2 Å². The van der Waals surface area contributed by atoms with E-state index in [0.717, 1.165) is 49.7 Å². The summed E-state index contributed by atoms with van der Waals surface area (Å²) in [6.07, 6.45) is 2.30. The fraction of sp³-hybridized carbons (Fsp3) is 0.368. The molecule has 1 fully saturated rings. The first-order chi connectivity index (χ1) is 11.8. The minimum atomic E-state index is 0.704. The van der Waals surface area contributed by atoms with E-state index in [9.17, 15) is 0 Å². The van der Waals surface area contributed by atoms with E-state index in [1.54, 1.807) is 11.9 Å². The third kappa shape index (κ3) is 4.82. The van der Waals surface area contributed by atoms with E-state index in [1.165, 1.54) is 4.90 Å². The SMILES string of the molecule is CNc1cc(NSc2ccccc2)ccc1NCC1CCOCC1. The van der Waals surface area contributed by atoms with Crippen LogP contribution in [0.2, 0.25) is 0 Å². The predicted molar refractivity (Wildman–Crippen MR) is 104 cm³/mol. The largest absolute Gasteiger partial charge is 0.386 e. The minimum Gasteiger partial charge on any atom is -0.386 e. The van der Waals surface area contributed by atoms with Gasteiger partial charge in [0.05, 0.1) is 11.4 Å². The molecule has 1 aliphatic heterocycles. The maximum atomic E-state index is 5.43. The number of anilines is 3. The van der Waals surface area contributed by atoms with E-state index in [1.807, 2.05) is 25.2 Å². The first-order valence-corrected chi connectivity index (χ1v) is 9.28. The van der Waals surface area contributed by atoms with Gasteiger partial charge in [-0.2, -0.15) is 0 Å². The van der Waals surface area contributed by atoms with Crippen LogP contribution < -0.4 is 15.4 Å². The topological polar surface area (TPSA) is 45.3 Å². The van der Waals surface area contributed by atoms with Crippen molar-refractivity contribution in [2.75, 3.05) is 42.2 Å². The molecule has 1 aliphatic rings. The Hall–Kier alpha value is -1.85. The summed E-state index contributed by atoms with van der Waals surface area (Å²) in [5.74, 6) is 0.704. The van der Waals surface area contributed by atoms with Crippen molar-refractivity contribution in [1.29, 1.82) is 0 Å². The van der Waals surface area contributed by atoms with Crippen LogP contribution in [0.25, 0.3) is 0 Å². The van der Waals surface area contributed by atoms with Gasteiger partial charge in [-0.15, -0.1) is 0 Å². The molecular formula is C19H25N3OS. The predicted octanol–water partition coefficient (Wildman–Crippen LogP) is 4.69. The monoisotopic (exact) mass is 343 g/mol. The van der Waals surface area contributed by atoms with Gasteiger partial charge in [0.25, 0.3) is 0 Å². The van der Waals surface area contributed by atoms with Crippen LogP contribution in [0.15, 0.2) is 53.4 Å². The van der Waals surface area contributed by atoms with Crippen LogP contribution >= 0.6 is 11.9 Å². The molecule has 3 rings (SSSR count). The van der Waals surface area contributed by atoms with Gasteiger partial charge in [0, 0.05) is 37.4 Å². The van der Waals surface area contributed by atoms with E-state index in [2.05, 4.69) is 45.7 Å². The van der Waals surface area contributed by atoms with Crippen molar-refractivity contribution in [3.8, 4) is 0 Å². The third-order valence-electron chi connectivity index (χ3n) is 4.24. The fourth-order valence-electron chi connectivity index (χ4n) is 2.78. The lowest BCUT2D eigenvalue weighted by molar-refractivity contribution is 0.0699. The van der Waals surface area contributed by atoms with E-state index in [4.69, 9.17) is 4.74 Å². The number of hydrogen-bond donors (Lipinski definition) is 3. The molecule has 0 atom stereocenters. The summed E-state index contributed by atoms with van der Waals surface area (Å²) in [7, 11) is 1.96. The number of hydrogen-bond acceptors (Lipinski definition) is 5. The highest BCUT2D eigenvalue weighted by Crippen LogP contribution is 2.29. The Kier molecular flexibility index (Phi) is 6.26. The molecule has 2 aromatic rings. The number of rotatable bonds is 7. The van der Waals surface area contributed by atoms with Crippen LogP contribution in [-0.4, -0.2) is 26.8 Å². The van der Waals surface area contributed by atoms with E-state index < -0.39 is 0 Å². The average Bonchev–Trinajstić information content (AvgIpc) is 2.66. The summed E-state index contributed by atoms with van der Waals surface area (Å²) in [4.78, 5) is 1.20. The summed E-state index contributed by atoms with van der Waals surface area (Å²) in [5.41, 5.74) is 3.35. The summed E-state index contributed by atoms with van der Waals surface area (Å²) in [6.45, 7) is 2.79. The molecule has 0 saturated carbocycles. The molecule has 0 amide bonds. The Bertz CT molecular complexity index is 630. The molecule has 5 heteroatoms. The van der Waals surface area contributed by atoms with Gasteiger partial charge in [-0.05, 0) is 61.0 Å². The Balaban J connectivity index is 1.57. The van der Waals surface area contributed by atoms with Gasteiger partial charge in [-0.3, -0.25) is 0 Å². The summed E-state index contributed by atoms with van der Waals surface area (Å²) < 4.78 is 8.83. The highest BCUT2D eigenvalue weighted by atomic mass is 32.2. The zero-order valence-electron chi connectivity index (χ0n) is 14.0. The van der Waals surface area contributed by atoms with Gasteiger partial charge in [0.15, 0.2) is 0 Å². The lowest BCUT2D eigenvalue weighted by atomic mass is 10.0. The maximum absolute atomic E-state index is 5.43. The second-order valence-electron chi connectivity index (χ2n) is 5.96. The summed E-state index contributed by atoms with van der Waals surface area (Å²) in [5, 5.41) is 6.87. The summed E-state index contributed by atoms with van der Waals surface area (Å²) in [6, 6.07) is 16.7. The Morgan fingerprint density at radius 3 is 2.58 bits per heavy atom. The van der Waals surface area contributed by atoms with Crippen LogP contribution in [0.1, 0.15) is 12.8 Å². The smallest absolute Gasteiger partial charge is 0.0594 e. The van der Waals surface area contributed by atoms with Gasteiger partial charge < -0.3 is 20.1 Å². The van der Waals surface area contributed by atoms with Crippen molar-refractivity contribution in [2.24, 2.45) is 5.92 Å². The van der Waals surface area contributed by atoms with Gasteiger partial charge in [0.1, 0.15) is 0 Å². The molecule has 0 unspecified atom stereocenters. The van der Waals surface area contributed by atoms with E-state index >= 15 is 0 Å². The number of nitrogens with one attached hydrogen (secondary N) is 3. The molecule has 0 radical (unpaired) electrons. The van der Waals surface area contributed by atoms with Gasteiger partial charge >= 0.3 is 0 Å². The highest BCUT2D eigenvalue weighted by Gasteiger charge is 2.14. The normalized spacial score (nSPS) is 15.0. The van der Waals surface area contributed by atoms with Crippen molar-refractivity contribution >= 4 is 29.0 Å². The first kappa shape index (κ1) is 17.0. The average molecular weight is 343 g/mol. The van der Waals surface area contributed by atoms with Crippen LogP contribution in [0.3, 0.4) is 0 Å². The van der Waals surface area contributed by atoms with Crippen molar-refractivity contribution < 1.29 is 4.74 Å². The molecule has 128 valence electrons. The molecule has 0 bridgehead atoms. The molecule has 3 N–H and O–H groups in total.